The summed E-state index contributed by atoms with van der Waals surface area (Å²) < 4.78 is 6.35. The number of nitrogens with one attached hydrogen (secondary N) is 1. The summed E-state index contributed by atoms with van der Waals surface area (Å²) in [7, 11) is 0. The Morgan fingerprint density at radius 3 is 2.71 bits per heavy atom. The van der Waals surface area contributed by atoms with Crippen molar-refractivity contribution in [1.82, 2.24) is 0 Å². The third-order valence-corrected chi connectivity index (χ3v) is 3.82. The molecule has 124 valence electrons. The summed E-state index contributed by atoms with van der Waals surface area (Å²) in [5, 5.41) is 13.4. The second-order valence-corrected chi connectivity index (χ2v) is 6.14. The molecule has 0 aliphatic carbocycles. The molecule has 0 fully saturated rings. The molecule has 0 spiro atoms. The molecule has 2 aromatic carbocycles. The van der Waals surface area contributed by atoms with Crippen molar-refractivity contribution in [2.45, 2.75) is 6.92 Å². The second-order valence-electron chi connectivity index (χ2n) is 4.89. The second kappa shape index (κ2) is 7.86. The zero-order chi connectivity index (χ0) is 17.7. The number of halogens is 1. The van der Waals surface area contributed by atoms with Crippen LogP contribution >= 0.6 is 22.6 Å². The molecule has 0 unspecified atom stereocenters. The van der Waals surface area contributed by atoms with E-state index in [1.165, 1.54) is 12.1 Å². The van der Waals surface area contributed by atoms with Crippen LogP contribution in [0.1, 0.15) is 15.9 Å². The summed E-state index contributed by atoms with van der Waals surface area (Å²) in [5.41, 5.74) is 1.38. The van der Waals surface area contributed by atoms with Gasteiger partial charge in [0.25, 0.3) is 11.6 Å². The number of hydrogen-bond acceptors (Lipinski definition) is 5. The minimum Gasteiger partial charge on any atom is -0.483 e. The average molecular weight is 440 g/mol. The van der Waals surface area contributed by atoms with Gasteiger partial charge < -0.3 is 10.1 Å². The van der Waals surface area contributed by atoms with Crippen LogP contribution in [0.3, 0.4) is 0 Å². The lowest BCUT2D eigenvalue weighted by atomic mass is 10.2. The van der Waals surface area contributed by atoms with Crippen molar-refractivity contribution in [1.29, 1.82) is 0 Å². The molecule has 2 aromatic rings. The van der Waals surface area contributed by atoms with Crippen molar-refractivity contribution in [2.75, 3.05) is 11.9 Å². The molecule has 8 heteroatoms. The normalized spacial score (nSPS) is 10.1. The van der Waals surface area contributed by atoms with Crippen LogP contribution in [0, 0.1) is 20.6 Å². The minimum atomic E-state index is -0.608. The monoisotopic (exact) mass is 440 g/mol. The molecular weight excluding hydrogens is 427 g/mol. The largest absolute Gasteiger partial charge is 0.483 e. The Balaban J connectivity index is 2.03. The zero-order valence-corrected chi connectivity index (χ0v) is 14.8. The number of aldehydes is 1. The fourth-order valence-electron chi connectivity index (χ4n) is 1.97. The summed E-state index contributed by atoms with van der Waals surface area (Å²) in [5.74, 6) is -0.278. The van der Waals surface area contributed by atoms with Gasteiger partial charge in [0.15, 0.2) is 12.9 Å². The number of rotatable bonds is 6. The number of nitro groups is 1. The summed E-state index contributed by atoms with van der Waals surface area (Å²) in [6, 6.07) is 9.19. The van der Waals surface area contributed by atoms with Gasteiger partial charge in [-0.05, 0) is 59.3 Å². The molecule has 1 amide bonds. The van der Waals surface area contributed by atoms with Crippen LogP contribution in [0.25, 0.3) is 0 Å². The summed E-state index contributed by atoms with van der Waals surface area (Å²) in [4.78, 5) is 33.1. The van der Waals surface area contributed by atoms with Gasteiger partial charge in [-0.2, -0.15) is 0 Å². The Morgan fingerprint density at radius 2 is 2.08 bits per heavy atom. The van der Waals surface area contributed by atoms with E-state index >= 15 is 0 Å². The molecule has 7 nitrogen and oxygen atoms in total. The van der Waals surface area contributed by atoms with E-state index in [9.17, 15) is 19.7 Å². The van der Waals surface area contributed by atoms with Crippen LogP contribution in [0.2, 0.25) is 0 Å². The maximum absolute atomic E-state index is 12.0. The average Bonchev–Trinajstić information content (AvgIpc) is 2.55. The highest BCUT2D eigenvalue weighted by Gasteiger charge is 2.13. The first-order valence-electron chi connectivity index (χ1n) is 6.83. The molecule has 0 heterocycles. The van der Waals surface area contributed by atoms with Gasteiger partial charge >= 0.3 is 0 Å². The van der Waals surface area contributed by atoms with Gasteiger partial charge in [-0.15, -0.1) is 0 Å². The highest BCUT2D eigenvalue weighted by molar-refractivity contribution is 14.1. The van der Waals surface area contributed by atoms with E-state index < -0.39 is 10.8 Å². The maximum Gasteiger partial charge on any atom is 0.270 e. The topological polar surface area (TPSA) is 98.5 Å². The highest BCUT2D eigenvalue weighted by atomic mass is 127. The lowest BCUT2D eigenvalue weighted by Gasteiger charge is -2.11. The first-order chi connectivity index (χ1) is 11.4. The maximum atomic E-state index is 12.0. The van der Waals surface area contributed by atoms with Crippen LogP contribution in [-0.2, 0) is 4.79 Å². The van der Waals surface area contributed by atoms with Crippen LogP contribution in [0.5, 0.6) is 5.75 Å². The van der Waals surface area contributed by atoms with Gasteiger partial charge in [0, 0.05) is 21.4 Å². The van der Waals surface area contributed by atoms with E-state index in [1.54, 1.807) is 6.07 Å². The molecule has 0 saturated carbocycles. The number of anilines is 1. The molecule has 0 saturated heterocycles. The fourth-order valence-corrected chi connectivity index (χ4v) is 2.62. The van der Waals surface area contributed by atoms with Crippen molar-refractivity contribution in [3.05, 3.63) is 61.2 Å². The van der Waals surface area contributed by atoms with Gasteiger partial charge in [0.1, 0.15) is 5.75 Å². The van der Waals surface area contributed by atoms with Crippen LogP contribution in [-0.4, -0.2) is 23.7 Å². The summed E-state index contributed by atoms with van der Waals surface area (Å²) in [6.45, 7) is 1.56. The van der Waals surface area contributed by atoms with E-state index in [0.29, 0.717) is 12.0 Å². The highest BCUT2D eigenvalue weighted by Crippen LogP contribution is 2.23. The number of non-ortho nitro benzene ring substituents is 1. The number of carbonyl (C=O) groups is 2. The van der Waals surface area contributed by atoms with Crippen LogP contribution in [0.4, 0.5) is 11.4 Å². The lowest BCUT2D eigenvalue weighted by Crippen LogP contribution is -2.21. The quantitative estimate of drug-likeness (QED) is 0.322. The summed E-state index contributed by atoms with van der Waals surface area (Å²) in [6.07, 6.45) is 0.448. The third kappa shape index (κ3) is 4.51. The molecule has 0 radical (unpaired) electrons. The van der Waals surface area contributed by atoms with Crippen molar-refractivity contribution >= 4 is 46.2 Å². The van der Waals surface area contributed by atoms with Crippen LogP contribution < -0.4 is 10.1 Å². The Hall–Kier alpha value is -2.49. The first kappa shape index (κ1) is 17.9. The fraction of sp³-hybridized carbons (Fsp3) is 0.125. The molecule has 0 aromatic heterocycles. The number of aryl methyl sites for hydroxylation is 1. The van der Waals surface area contributed by atoms with Gasteiger partial charge in [0.2, 0.25) is 0 Å². The van der Waals surface area contributed by atoms with E-state index in [0.717, 1.165) is 15.2 Å². The third-order valence-electron chi connectivity index (χ3n) is 3.15. The first-order valence-corrected chi connectivity index (χ1v) is 7.91. The number of nitro benzene ring substituents is 1. The molecule has 24 heavy (non-hydrogen) atoms. The molecule has 0 aliphatic heterocycles. The van der Waals surface area contributed by atoms with E-state index in [-0.39, 0.29) is 23.6 Å². The van der Waals surface area contributed by atoms with Crippen molar-refractivity contribution < 1.29 is 19.2 Å². The lowest BCUT2D eigenvalue weighted by molar-refractivity contribution is -0.384. The number of hydrogen-bond donors (Lipinski definition) is 1. The molecule has 1 N–H and O–H groups in total. The minimum absolute atomic E-state index is 0.0162. The van der Waals surface area contributed by atoms with E-state index in [1.807, 2.05) is 19.1 Å². The standard InChI is InChI=1S/C16H13IN2O5/c1-10-6-12(17)2-4-14(10)18-16(21)9-24-15-5-3-13(19(22)23)7-11(15)8-20/h2-8H,9H2,1H3,(H,18,21). The molecule has 0 atom stereocenters. The molecular formula is C16H13IN2O5. The summed E-state index contributed by atoms with van der Waals surface area (Å²) >= 11 is 2.18. The van der Waals surface area contributed by atoms with Gasteiger partial charge in [0.05, 0.1) is 10.5 Å². The van der Waals surface area contributed by atoms with Crippen molar-refractivity contribution in [3.63, 3.8) is 0 Å². The van der Waals surface area contributed by atoms with E-state index in [4.69, 9.17) is 4.74 Å². The SMILES string of the molecule is Cc1cc(I)ccc1NC(=O)COc1ccc([N+](=O)[O-])cc1C=O. The Kier molecular flexibility index (Phi) is 5.85. The molecule has 2 rings (SSSR count). The Labute approximate surface area is 151 Å². The van der Waals surface area contributed by atoms with Gasteiger partial charge in [-0.1, -0.05) is 0 Å². The predicted octanol–water partition coefficient (Wildman–Crippen LogP) is 3.34. The molecule has 0 aliphatic rings. The van der Waals surface area contributed by atoms with Gasteiger partial charge in [-0.3, -0.25) is 19.7 Å². The Bertz CT molecular complexity index is 807. The number of benzene rings is 2. The van der Waals surface area contributed by atoms with Crippen molar-refractivity contribution in [2.24, 2.45) is 0 Å². The van der Waals surface area contributed by atoms with E-state index in [2.05, 4.69) is 27.9 Å². The van der Waals surface area contributed by atoms with Gasteiger partial charge in [-0.25, -0.2) is 0 Å². The number of nitrogens with zero attached hydrogens (tertiary/aromatic N) is 1. The smallest absolute Gasteiger partial charge is 0.270 e. The number of ether oxygens (including phenoxy) is 1. The Morgan fingerprint density at radius 1 is 1.33 bits per heavy atom. The zero-order valence-electron chi connectivity index (χ0n) is 12.6. The van der Waals surface area contributed by atoms with Crippen LogP contribution in [0.15, 0.2) is 36.4 Å². The number of amides is 1. The predicted molar refractivity (Wildman–Crippen MR) is 96.5 cm³/mol. The number of carbonyl (C=O) groups excluding carboxylic acids is 2. The van der Waals surface area contributed by atoms with Crippen molar-refractivity contribution in [3.8, 4) is 5.75 Å². The molecule has 0 bridgehead atoms.